The second-order valence-corrected chi connectivity index (χ2v) is 4.50. The highest BCUT2D eigenvalue weighted by Crippen LogP contribution is 2.17. The molecule has 0 aliphatic carbocycles. The number of amides is 2. The summed E-state index contributed by atoms with van der Waals surface area (Å²) in [7, 11) is 0. The minimum Gasteiger partial charge on any atom is -0.444 e. The average molecular weight is 215 g/mol. The van der Waals surface area contributed by atoms with E-state index in [0.29, 0.717) is 6.42 Å². The van der Waals surface area contributed by atoms with Crippen molar-refractivity contribution in [2.75, 3.05) is 6.54 Å². The largest absolute Gasteiger partial charge is 0.444 e. The maximum atomic E-state index is 11.5. The lowest BCUT2D eigenvalue weighted by Gasteiger charge is -2.22. The highest BCUT2D eigenvalue weighted by atomic mass is 16.6. The van der Waals surface area contributed by atoms with E-state index < -0.39 is 17.8 Å². The van der Waals surface area contributed by atoms with Gasteiger partial charge in [-0.2, -0.15) is 0 Å². The van der Waals surface area contributed by atoms with Gasteiger partial charge in [0.05, 0.1) is 6.54 Å². The maximum Gasteiger partial charge on any atom is 0.419 e. The molecule has 0 radical (unpaired) electrons. The molecule has 0 bridgehead atoms. The highest BCUT2D eigenvalue weighted by Gasteiger charge is 2.37. The molecule has 1 aliphatic heterocycles. The highest BCUT2D eigenvalue weighted by molar-refractivity contribution is 5.89. The van der Waals surface area contributed by atoms with E-state index in [-0.39, 0.29) is 12.6 Å². The molecule has 1 unspecified atom stereocenters. The number of imide groups is 1. The number of nitrogens with zero attached hydrogens (tertiary/aromatic N) is 1. The van der Waals surface area contributed by atoms with Gasteiger partial charge in [0.25, 0.3) is 0 Å². The van der Waals surface area contributed by atoms with E-state index in [1.165, 1.54) is 0 Å². The van der Waals surface area contributed by atoms with Gasteiger partial charge in [0.1, 0.15) is 11.7 Å². The third-order valence-electron chi connectivity index (χ3n) is 1.94. The summed E-state index contributed by atoms with van der Waals surface area (Å²) in [6, 6.07) is 0. The number of hydrogen-bond donors (Lipinski definition) is 0. The first-order chi connectivity index (χ1) is 6.83. The number of carbonyl (C=O) groups excluding carboxylic acids is 2. The normalized spacial score (nSPS) is 21.5. The zero-order chi connectivity index (χ0) is 11.6. The summed E-state index contributed by atoms with van der Waals surface area (Å²) in [5.41, 5.74) is -0.596. The zero-order valence-electron chi connectivity index (χ0n) is 9.57. The van der Waals surface area contributed by atoms with Crippen molar-refractivity contribution < 1.29 is 19.1 Å². The molecule has 0 spiro atoms. The molecule has 1 aliphatic rings. The quantitative estimate of drug-likeness (QED) is 0.672. The van der Waals surface area contributed by atoms with Crippen LogP contribution in [-0.4, -0.2) is 35.3 Å². The summed E-state index contributed by atoms with van der Waals surface area (Å²) in [6.07, 6.45) is -0.755. The predicted octanol–water partition coefficient (Wildman–Crippen LogP) is 2.15. The Bertz CT molecular complexity index is 269. The third-order valence-corrected chi connectivity index (χ3v) is 1.94. The van der Waals surface area contributed by atoms with Gasteiger partial charge in [0, 0.05) is 0 Å². The Kier molecular flexibility index (Phi) is 3.21. The van der Waals surface area contributed by atoms with E-state index in [0.717, 1.165) is 4.90 Å². The van der Waals surface area contributed by atoms with Gasteiger partial charge in [-0.15, -0.1) is 0 Å². The van der Waals surface area contributed by atoms with Crippen molar-refractivity contribution in [2.24, 2.45) is 0 Å². The molecular weight excluding hydrogens is 198 g/mol. The molecule has 2 amide bonds. The van der Waals surface area contributed by atoms with E-state index in [1.54, 1.807) is 20.8 Å². The molecule has 1 saturated heterocycles. The fourth-order valence-electron chi connectivity index (χ4n) is 1.20. The molecule has 1 fully saturated rings. The van der Waals surface area contributed by atoms with Crippen molar-refractivity contribution >= 4 is 12.2 Å². The maximum absolute atomic E-state index is 11.5. The molecule has 15 heavy (non-hydrogen) atoms. The van der Waals surface area contributed by atoms with Crippen LogP contribution in [0.2, 0.25) is 0 Å². The predicted molar refractivity (Wildman–Crippen MR) is 53.5 cm³/mol. The zero-order valence-corrected chi connectivity index (χ0v) is 9.57. The van der Waals surface area contributed by atoms with Crippen molar-refractivity contribution in [1.29, 1.82) is 0 Å². The van der Waals surface area contributed by atoms with Crippen LogP contribution < -0.4 is 0 Å². The van der Waals surface area contributed by atoms with E-state index in [4.69, 9.17) is 9.47 Å². The Morgan fingerprint density at radius 3 is 2.60 bits per heavy atom. The van der Waals surface area contributed by atoms with Crippen LogP contribution >= 0.6 is 0 Å². The average Bonchev–Trinajstić information content (AvgIpc) is 2.43. The Balaban J connectivity index is 2.58. The van der Waals surface area contributed by atoms with Crippen molar-refractivity contribution in [3.63, 3.8) is 0 Å². The summed E-state index contributed by atoms with van der Waals surface area (Å²) in [5, 5.41) is 0. The van der Waals surface area contributed by atoms with Gasteiger partial charge in [-0.25, -0.2) is 14.5 Å². The number of ether oxygens (including phenoxy) is 2. The van der Waals surface area contributed by atoms with Gasteiger partial charge in [-0.3, -0.25) is 0 Å². The molecular formula is C10H17NO4. The van der Waals surface area contributed by atoms with Gasteiger partial charge in [0.2, 0.25) is 0 Å². The lowest BCUT2D eigenvalue weighted by molar-refractivity contribution is 0.0339. The Morgan fingerprint density at radius 2 is 2.20 bits per heavy atom. The smallest absolute Gasteiger partial charge is 0.419 e. The lowest BCUT2D eigenvalue weighted by Crippen LogP contribution is -2.37. The molecule has 0 aromatic carbocycles. The van der Waals surface area contributed by atoms with Crippen molar-refractivity contribution in [3.05, 3.63) is 0 Å². The van der Waals surface area contributed by atoms with E-state index in [2.05, 4.69) is 0 Å². The van der Waals surface area contributed by atoms with E-state index in [9.17, 15) is 9.59 Å². The van der Waals surface area contributed by atoms with Crippen LogP contribution in [0.1, 0.15) is 34.1 Å². The van der Waals surface area contributed by atoms with Crippen molar-refractivity contribution in [3.8, 4) is 0 Å². The molecule has 1 heterocycles. The van der Waals surface area contributed by atoms with Gasteiger partial charge in [0.15, 0.2) is 0 Å². The Hall–Kier alpha value is -1.26. The standard InChI is InChI=1S/C10H17NO4/c1-5-7-6-11(8(12)14-7)9(13)15-10(2,3)4/h7H,5-6H2,1-4H3. The molecule has 0 aromatic rings. The van der Waals surface area contributed by atoms with Crippen molar-refractivity contribution in [2.45, 2.75) is 45.8 Å². The molecule has 86 valence electrons. The summed E-state index contributed by atoms with van der Waals surface area (Å²) >= 11 is 0. The number of carbonyl (C=O) groups is 2. The van der Waals surface area contributed by atoms with E-state index >= 15 is 0 Å². The summed E-state index contributed by atoms with van der Waals surface area (Å²) < 4.78 is 10.0. The first-order valence-corrected chi connectivity index (χ1v) is 5.04. The van der Waals surface area contributed by atoms with Crippen LogP contribution in [-0.2, 0) is 9.47 Å². The Labute approximate surface area is 89.3 Å². The van der Waals surface area contributed by atoms with Crippen LogP contribution in [0.4, 0.5) is 9.59 Å². The first kappa shape index (κ1) is 11.8. The molecule has 0 aromatic heterocycles. The fourth-order valence-corrected chi connectivity index (χ4v) is 1.20. The monoisotopic (exact) mass is 215 g/mol. The van der Waals surface area contributed by atoms with Crippen molar-refractivity contribution in [1.82, 2.24) is 4.90 Å². The fraction of sp³-hybridized carbons (Fsp3) is 0.800. The molecule has 1 atom stereocenters. The van der Waals surface area contributed by atoms with Crippen LogP contribution in [0.5, 0.6) is 0 Å². The van der Waals surface area contributed by atoms with Gasteiger partial charge in [-0.05, 0) is 27.2 Å². The number of hydrogen-bond acceptors (Lipinski definition) is 4. The minimum absolute atomic E-state index is 0.204. The molecule has 1 rings (SSSR count). The summed E-state index contributed by atoms with van der Waals surface area (Å²) in [4.78, 5) is 23.8. The van der Waals surface area contributed by atoms with Gasteiger partial charge < -0.3 is 9.47 Å². The molecule has 0 saturated carbocycles. The first-order valence-electron chi connectivity index (χ1n) is 5.04. The van der Waals surface area contributed by atoms with Gasteiger partial charge in [-0.1, -0.05) is 6.92 Å². The van der Waals surface area contributed by atoms with Crippen LogP contribution in [0.25, 0.3) is 0 Å². The van der Waals surface area contributed by atoms with Crippen LogP contribution in [0.15, 0.2) is 0 Å². The van der Waals surface area contributed by atoms with Gasteiger partial charge >= 0.3 is 12.2 Å². The second kappa shape index (κ2) is 4.08. The third kappa shape index (κ3) is 3.11. The number of rotatable bonds is 1. The molecule has 0 N–H and O–H groups in total. The second-order valence-electron chi connectivity index (χ2n) is 4.50. The lowest BCUT2D eigenvalue weighted by atomic mass is 10.2. The van der Waals surface area contributed by atoms with E-state index in [1.807, 2.05) is 6.92 Å². The Morgan fingerprint density at radius 1 is 1.60 bits per heavy atom. The SMILES string of the molecule is CCC1CN(C(=O)OC(C)(C)C)C(=O)O1. The minimum atomic E-state index is -0.636. The topological polar surface area (TPSA) is 55.8 Å². The summed E-state index contributed by atoms with van der Waals surface area (Å²) in [5.74, 6) is 0. The van der Waals surface area contributed by atoms with Crippen LogP contribution in [0.3, 0.4) is 0 Å². The molecule has 5 nitrogen and oxygen atoms in total. The molecule has 5 heteroatoms. The summed E-state index contributed by atoms with van der Waals surface area (Å²) in [6.45, 7) is 7.44. The van der Waals surface area contributed by atoms with Crippen LogP contribution in [0, 0.1) is 0 Å². The number of cyclic esters (lactones) is 1.